The fourth-order valence-electron chi connectivity index (χ4n) is 1.77. The van der Waals surface area contributed by atoms with Gasteiger partial charge in [0.1, 0.15) is 0 Å². The van der Waals surface area contributed by atoms with Crippen LogP contribution in [0.3, 0.4) is 0 Å². The number of fused-ring (bicyclic) bond motifs is 1. The fourth-order valence-corrected chi connectivity index (χ4v) is 2.78. The first-order valence-corrected chi connectivity index (χ1v) is 7.81. The summed E-state index contributed by atoms with van der Waals surface area (Å²) in [4.78, 5) is 13.4. The topological polar surface area (TPSA) is 17.1 Å². The van der Waals surface area contributed by atoms with Gasteiger partial charge in [0.05, 0.1) is 0 Å². The minimum Gasteiger partial charge on any atom is -0.289 e. The molecule has 1 aromatic heterocycles. The Hall–Kier alpha value is -1.67. The molecule has 1 aromatic carbocycles. The predicted octanol–water partition coefficient (Wildman–Crippen LogP) is 5.60. The molecule has 0 saturated heterocycles. The smallest absolute Gasteiger partial charge is 0.195 e. The van der Waals surface area contributed by atoms with Crippen LogP contribution < -0.4 is 5.43 Å². The van der Waals surface area contributed by atoms with Crippen molar-refractivity contribution in [1.82, 2.24) is 0 Å². The first-order chi connectivity index (χ1) is 9.63. The molecule has 0 radical (unpaired) electrons. The van der Waals surface area contributed by atoms with E-state index in [0.717, 1.165) is 20.5 Å². The molecule has 1 nitrogen and oxygen atoms in total. The molecule has 0 bridgehead atoms. The lowest BCUT2D eigenvalue weighted by atomic mass is 10.1. The van der Waals surface area contributed by atoms with Crippen LogP contribution in [0.4, 0.5) is 0 Å². The molecule has 0 aliphatic carbocycles. The van der Waals surface area contributed by atoms with E-state index in [-0.39, 0.29) is 5.43 Å². The van der Waals surface area contributed by atoms with E-state index in [1.807, 2.05) is 50.3 Å². The second-order valence-corrected chi connectivity index (χ2v) is 5.60. The van der Waals surface area contributed by atoms with Crippen LogP contribution in [0.1, 0.15) is 38.1 Å². The summed E-state index contributed by atoms with van der Waals surface area (Å²) in [5, 5.41) is 0.788. The van der Waals surface area contributed by atoms with Gasteiger partial charge in [-0.3, -0.25) is 4.79 Å². The van der Waals surface area contributed by atoms with Gasteiger partial charge in [-0.25, -0.2) is 0 Å². The van der Waals surface area contributed by atoms with Crippen LogP contribution in [0.2, 0.25) is 0 Å². The molecule has 0 saturated carbocycles. The number of allylic oxidation sites excluding steroid dienone is 1. The third-order valence-corrected chi connectivity index (χ3v) is 3.88. The van der Waals surface area contributed by atoms with Gasteiger partial charge in [0.2, 0.25) is 0 Å². The van der Waals surface area contributed by atoms with E-state index in [2.05, 4.69) is 20.4 Å². The zero-order valence-corrected chi connectivity index (χ0v) is 13.5. The van der Waals surface area contributed by atoms with E-state index < -0.39 is 0 Å². The highest BCUT2D eigenvalue weighted by atomic mass is 32.1. The molecule has 0 fully saturated rings. The van der Waals surface area contributed by atoms with Crippen molar-refractivity contribution in [2.24, 2.45) is 5.92 Å². The lowest BCUT2D eigenvalue weighted by molar-refractivity contribution is 0.836. The van der Waals surface area contributed by atoms with Gasteiger partial charge in [-0.15, -0.1) is 11.3 Å². The van der Waals surface area contributed by atoms with Crippen molar-refractivity contribution in [3.63, 3.8) is 0 Å². The summed E-state index contributed by atoms with van der Waals surface area (Å²) in [5.41, 5.74) is 0.846. The highest BCUT2D eigenvalue weighted by Gasteiger charge is 2.07. The third kappa shape index (κ3) is 3.67. The normalized spacial score (nSPS) is 10.7. The fraction of sp³-hybridized carbons (Fsp3) is 0.278. The molecule has 2 rings (SSSR count). The van der Waals surface area contributed by atoms with E-state index in [1.165, 1.54) is 0 Å². The number of hydrogen-bond acceptors (Lipinski definition) is 2. The second kappa shape index (κ2) is 7.81. The molecular weight excluding hydrogens is 264 g/mol. The van der Waals surface area contributed by atoms with E-state index in [0.29, 0.717) is 5.92 Å². The van der Waals surface area contributed by atoms with Gasteiger partial charge in [0.25, 0.3) is 0 Å². The van der Waals surface area contributed by atoms with Crippen molar-refractivity contribution >= 4 is 33.6 Å². The number of hydrogen-bond donors (Lipinski definition) is 0. The van der Waals surface area contributed by atoms with Crippen LogP contribution in [0, 0.1) is 5.92 Å². The van der Waals surface area contributed by atoms with E-state index in [1.54, 1.807) is 17.4 Å². The lowest BCUT2D eigenvalue weighted by Gasteiger charge is -2.03. The molecule has 20 heavy (non-hydrogen) atoms. The van der Waals surface area contributed by atoms with Crippen molar-refractivity contribution in [2.45, 2.75) is 27.7 Å². The average molecular weight is 286 g/mol. The molecule has 2 heteroatoms. The Morgan fingerprint density at radius 2 is 1.85 bits per heavy atom. The summed E-state index contributed by atoms with van der Waals surface area (Å²) in [7, 11) is 0. The Labute approximate surface area is 125 Å². The molecule has 0 unspecified atom stereocenters. The van der Waals surface area contributed by atoms with Crippen molar-refractivity contribution in [2.75, 3.05) is 0 Å². The molecule has 0 amide bonds. The molecule has 0 atom stereocenters. The maximum Gasteiger partial charge on any atom is 0.195 e. The summed E-state index contributed by atoms with van der Waals surface area (Å²) >= 11 is 1.61. The first kappa shape index (κ1) is 16.4. The van der Waals surface area contributed by atoms with Gasteiger partial charge in [0, 0.05) is 20.5 Å². The van der Waals surface area contributed by atoms with Gasteiger partial charge in [-0.05, 0) is 18.1 Å². The quantitative estimate of drug-likeness (QED) is 0.717. The highest BCUT2D eigenvalue weighted by molar-refractivity contribution is 7.19. The third-order valence-electron chi connectivity index (χ3n) is 2.69. The van der Waals surface area contributed by atoms with Crippen molar-refractivity contribution < 1.29 is 0 Å². The van der Waals surface area contributed by atoms with E-state index in [4.69, 9.17) is 0 Å². The Balaban J connectivity index is 0.000000956. The average Bonchev–Trinajstić information content (AvgIpc) is 2.48. The van der Waals surface area contributed by atoms with Crippen LogP contribution >= 0.6 is 11.3 Å². The van der Waals surface area contributed by atoms with Crippen LogP contribution in [0.15, 0.2) is 41.7 Å². The molecule has 0 N–H and O–H groups in total. The Morgan fingerprint density at radius 1 is 1.20 bits per heavy atom. The molecule has 2 aromatic rings. The maximum atomic E-state index is 12.4. The van der Waals surface area contributed by atoms with Crippen molar-refractivity contribution in [3.8, 4) is 0 Å². The molecule has 106 valence electrons. The zero-order valence-electron chi connectivity index (χ0n) is 12.6. The zero-order chi connectivity index (χ0) is 15.1. The number of benzene rings is 1. The van der Waals surface area contributed by atoms with E-state index in [9.17, 15) is 4.79 Å². The molecule has 1 heterocycles. The molecule has 0 spiro atoms. The molecule has 0 aliphatic rings. The highest BCUT2D eigenvalue weighted by Crippen LogP contribution is 2.23. The van der Waals surface area contributed by atoms with Crippen LogP contribution in [-0.2, 0) is 0 Å². The summed E-state index contributed by atoms with van der Waals surface area (Å²) in [6.45, 7) is 12.0. The van der Waals surface area contributed by atoms with Crippen LogP contribution in [-0.4, -0.2) is 0 Å². The standard InChI is InChI=1S/C16H16OS.C2H6/c1-4-14-13(10-9-11(2)3)16(17)12-7-5-6-8-15(12)18-14;1-2/h4-11H,1H2,2-3H3;1-2H3/b10-9-;. The Morgan fingerprint density at radius 3 is 2.45 bits per heavy atom. The van der Waals surface area contributed by atoms with Gasteiger partial charge in [0.15, 0.2) is 5.43 Å². The minimum atomic E-state index is 0.0937. The SMILES string of the molecule is C=Cc1sc2ccccc2c(=O)c1/C=C\C(C)C.CC. The monoisotopic (exact) mass is 286 g/mol. The van der Waals surface area contributed by atoms with Gasteiger partial charge >= 0.3 is 0 Å². The predicted molar refractivity (Wildman–Crippen MR) is 93.4 cm³/mol. The van der Waals surface area contributed by atoms with Crippen molar-refractivity contribution in [3.05, 3.63) is 57.6 Å². The van der Waals surface area contributed by atoms with Gasteiger partial charge in [-0.2, -0.15) is 0 Å². The summed E-state index contributed by atoms with van der Waals surface area (Å²) in [6.07, 6.45) is 5.73. The van der Waals surface area contributed by atoms with Gasteiger partial charge < -0.3 is 0 Å². The Kier molecular flexibility index (Phi) is 6.40. The van der Waals surface area contributed by atoms with Crippen molar-refractivity contribution in [1.29, 1.82) is 0 Å². The molecular formula is C18H22OS. The van der Waals surface area contributed by atoms with Gasteiger partial charge in [-0.1, -0.05) is 64.6 Å². The maximum absolute atomic E-state index is 12.4. The van der Waals surface area contributed by atoms with Crippen LogP contribution in [0.5, 0.6) is 0 Å². The lowest BCUT2D eigenvalue weighted by Crippen LogP contribution is -2.06. The first-order valence-electron chi connectivity index (χ1n) is 7.00. The molecule has 0 aliphatic heterocycles. The number of rotatable bonds is 3. The second-order valence-electron chi connectivity index (χ2n) is 4.51. The summed E-state index contributed by atoms with van der Waals surface area (Å²) < 4.78 is 1.01. The summed E-state index contributed by atoms with van der Waals surface area (Å²) in [6, 6.07) is 7.72. The minimum absolute atomic E-state index is 0.0937. The largest absolute Gasteiger partial charge is 0.289 e. The van der Waals surface area contributed by atoms with Crippen LogP contribution in [0.25, 0.3) is 22.2 Å². The Bertz CT molecular complexity index is 663. The van der Waals surface area contributed by atoms with E-state index >= 15 is 0 Å². The summed E-state index contributed by atoms with van der Waals surface area (Å²) in [5.74, 6) is 0.429.